The molecule has 168 valence electrons. The molecule has 1 aromatic heterocycles. The van der Waals surface area contributed by atoms with E-state index in [2.05, 4.69) is 21.7 Å². The smallest absolute Gasteiger partial charge is 0.418 e. The quantitative estimate of drug-likeness (QED) is 0.555. The third kappa shape index (κ3) is 5.10. The number of rotatable bonds is 7. The number of benzene rings is 2. The van der Waals surface area contributed by atoms with Gasteiger partial charge in [-0.1, -0.05) is 18.2 Å². The van der Waals surface area contributed by atoms with Crippen LogP contribution in [0.5, 0.6) is 0 Å². The third-order valence-corrected chi connectivity index (χ3v) is 6.16. The summed E-state index contributed by atoms with van der Waals surface area (Å²) in [6, 6.07) is 16.6. The fourth-order valence-corrected chi connectivity index (χ4v) is 4.28. The minimum atomic E-state index is -0.760. The molecule has 1 aliphatic carbocycles. The molecule has 2 N–H and O–H groups in total. The van der Waals surface area contributed by atoms with Crippen LogP contribution in [0.1, 0.15) is 17.8 Å². The van der Waals surface area contributed by atoms with Crippen LogP contribution >= 0.6 is 11.3 Å². The van der Waals surface area contributed by atoms with Gasteiger partial charge in [0.05, 0.1) is 47.7 Å². The van der Waals surface area contributed by atoms with Gasteiger partial charge in [-0.3, -0.25) is 9.59 Å². The number of thiazole rings is 1. The average Bonchev–Trinajstić information content (AvgIpc) is 3.48. The molecule has 0 saturated heterocycles. The lowest BCUT2D eigenvalue weighted by Crippen LogP contribution is -2.43. The Morgan fingerprint density at radius 1 is 1.15 bits per heavy atom. The molecule has 4 rings (SSSR count). The van der Waals surface area contributed by atoms with Gasteiger partial charge in [-0.05, 0) is 43.2 Å². The maximum absolute atomic E-state index is 12.4. The number of hydrogen-bond acceptors (Lipinski definition) is 7. The zero-order chi connectivity index (χ0) is 23.4. The number of amides is 3. The Kier molecular flexibility index (Phi) is 6.24. The molecular formula is C23H21N5O4S. The van der Waals surface area contributed by atoms with E-state index in [4.69, 9.17) is 10.00 Å². The van der Waals surface area contributed by atoms with E-state index in [9.17, 15) is 14.4 Å². The molecule has 0 aliphatic heterocycles. The van der Waals surface area contributed by atoms with Crippen molar-refractivity contribution in [3.05, 3.63) is 53.5 Å². The van der Waals surface area contributed by atoms with Crippen molar-refractivity contribution >= 4 is 50.8 Å². The van der Waals surface area contributed by atoms with Crippen LogP contribution in [-0.4, -0.2) is 42.1 Å². The van der Waals surface area contributed by atoms with Crippen LogP contribution in [0, 0.1) is 11.3 Å². The first-order valence-electron chi connectivity index (χ1n) is 10.2. The normalized spacial score (nSPS) is 13.6. The van der Waals surface area contributed by atoms with Gasteiger partial charge in [-0.2, -0.15) is 5.26 Å². The highest BCUT2D eigenvalue weighted by atomic mass is 32.1. The molecule has 9 nitrogen and oxygen atoms in total. The molecule has 1 heterocycles. The van der Waals surface area contributed by atoms with Crippen LogP contribution in [0.15, 0.2) is 48.5 Å². The van der Waals surface area contributed by atoms with Gasteiger partial charge in [-0.25, -0.2) is 14.7 Å². The van der Waals surface area contributed by atoms with E-state index in [-0.39, 0.29) is 24.8 Å². The molecule has 10 heteroatoms. The fourth-order valence-electron chi connectivity index (χ4n) is 3.28. The maximum atomic E-state index is 12.4. The van der Waals surface area contributed by atoms with Crippen LogP contribution in [0.2, 0.25) is 0 Å². The molecule has 2 aromatic carbocycles. The van der Waals surface area contributed by atoms with Crippen LogP contribution in [-0.2, 0) is 20.7 Å². The van der Waals surface area contributed by atoms with Crippen LogP contribution in [0.4, 0.5) is 16.2 Å². The SMILES string of the molecule is COC(=O)N(c1ccccc1)c1ccc2nc(CC(=O)NCC(=O)NC3(C#N)CC3)sc2c1. The first kappa shape index (κ1) is 22.2. The number of nitrogens with one attached hydrogen (secondary N) is 2. The number of fused-ring (bicyclic) bond motifs is 1. The molecule has 3 aromatic rings. The number of methoxy groups -OCH3 is 1. The summed E-state index contributed by atoms with van der Waals surface area (Å²) in [4.78, 5) is 42.6. The van der Waals surface area contributed by atoms with Gasteiger partial charge >= 0.3 is 6.09 Å². The van der Waals surface area contributed by atoms with Gasteiger partial charge in [0.15, 0.2) is 0 Å². The molecule has 1 aliphatic rings. The van der Waals surface area contributed by atoms with Crippen molar-refractivity contribution in [2.24, 2.45) is 0 Å². The van der Waals surface area contributed by atoms with Crippen LogP contribution < -0.4 is 15.5 Å². The Balaban J connectivity index is 1.44. The molecule has 0 atom stereocenters. The Labute approximate surface area is 194 Å². The molecule has 1 saturated carbocycles. The predicted molar refractivity (Wildman–Crippen MR) is 123 cm³/mol. The van der Waals surface area contributed by atoms with E-state index in [1.807, 2.05) is 24.3 Å². The maximum Gasteiger partial charge on any atom is 0.418 e. The first-order chi connectivity index (χ1) is 15.9. The van der Waals surface area contributed by atoms with Gasteiger partial charge in [0, 0.05) is 0 Å². The Morgan fingerprint density at radius 3 is 2.58 bits per heavy atom. The zero-order valence-corrected chi connectivity index (χ0v) is 18.6. The number of aromatic nitrogens is 1. The Hall–Kier alpha value is -3.97. The van der Waals surface area contributed by atoms with Crippen molar-refractivity contribution in [1.29, 1.82) is 5.26 Å². The largest absolute Gasteiger partial charge is 0.452 e. The number of hydrogen-bond donors (Lipinski definition) is 2. The lowest BCUT2D eigenvalue weighted by Gasteiger charge is -2.21. The summed E-state index contributed by atoms with van der Waals surface area (Å²) < 4.78 is 5.76. The van der Waals surface area contributed by atoms with Crippen LogP contribution in [0.3, 0.4) is 0 Å². The lowest BCUT2D eigenvalue weighted by molar-refractivity contribution is -0.126. The highest BCUT2D eigenvalue weighted by molar-refractivity contribution is 7.18. The minimum absolute atomic E-state index is 0.0186. The number of ether oxygens (including phenoxy) is 1. The zero-order valence-electron chi connectivity index (χ0n) is 17.8. The van der Waals surface area contributed by atoms with Gasteiger partial charge < -0.3 is 15.4 Å². The second kappa shape index (κ2) is 9.26. The van der Waals surface area contributed by atoms with Gasteiger partial charge in [-0.15, -0.1) is 11.3 Å². The van der Waals surface area contributed by atoms with Crippen molar-refractivity contribution in [3.63, 3.8) is 0 Å². The van der Waals surface area contributed by atoms with E-state index in [1.54, 1.807) is 24.3 Å². The van der Waals surface area contributed by atoms with E-state index < -0.39 is 11.6 Å². The summed E-state index contributed by atoms with van der Waals surface area (Å²) in [5.41, 5.74) is 1.22. The fraction of sp³-hybridized carbons (Fsp3) is 0.261. The number of carbonyl (C=O) groups is 3. The van der Waals surface area contributed by atoms with E-state index in [1.165, 1.54) is 23.3 Å². The van der Waals surface area contributed by atoms with Crippen molar-refractivity contribution in [1.82, 2.24) is 15.6 Å². The predicted octanol–water partition coefficient (Wildman–Crippen LogP) is 3.03. The topological polar surface area (TPSA) is 124 Å². The van der Waals surface area contributed by atoms with Crippen LogP contribution in [0.25, 0.3) is 10.2 Å². The lowest BCUT2D eigenvalue weighted by atomic mass is 10.2. The number of nitrogens with zero attached hydrogens (tertiary/aromatic N) is 3. The summed E-state index contributed by atoms with van der Waals surface area (Å²) in [5, 5.41) is 14.8. The van der Waals surface area contributed by atoms with Crippen molar-refractivity contribution in [2.75, 3.05) is 18.6 Å². The minimum Gasteiger partial charge on any atom is -0.452 e. The van der Waals surface area contributed by atoms with Crippen molar-refractivity contribution < 1.29 is 19.1 Å². The third-order valence-electron chi connectivity index (χ3n) is 5.15. The molecule has 0 spiro atoms. The molecule has 33 heavy (non-hydrogen) atoms. The van der Waals surface area contributed by atoms with Gasteiger partial charge in [0.1, 0.15) is 10.5 Å². The molecule has 0 unspecified atom stereocenters. The highest BCUT2D eigenvalue weighted by Gasteiger charge is 2.44. The summed E-state index contributed by atoms with van der Waals surface area (Å²) in [7, 11) is 1.32. The summed E-state index contributed by atoms with van der Waals surface area (Å²) in [6.07, 6.45) is 0.765. The molecule has 1 fully saturated rings. The summed E-state index contributed by atoms with van der Waals surface area (Å²) >= 11 is 1.34. The monoisotopic (exact) mass is 463 g/mol. The number of anilines is 2. The van der Waals surface area contributed by atoms with E-state index in [0.717, 1.165) is 4.70 Å². The highest BCUT2D eigenvalue weighted by Crippen LogP contribution is 2.34. The van der Waals surface area contributed by atoms with Gasteiger partial charge in [0.25, 0.3) is 0 Å². The Morgan fingerprint density at radius 2 is 1.91 bits per heavy atom. The molecule has 0 bridgehead atoms. The number of carbonyl (C=O) groups excluding carboxylic acids is 3. The number of para-hydroxylation sites is 1. The molecule has 0 radical (unpaired) electrons. The van der Waals surface area contributed by atoms with E-state index in [0.29, 0.717) is 34.7 Å². The second-order valence-corrected chi connectivity index (χ2v) is 8.71. The van der Waals surface area contributed by atoms with Crippen molar-refractivity contribution in [3.8, 4) is 6.07 Å². The first-order valence-corrected chi connectivity index (χ1v) is 11.1. The van der Waals surface area contributed by atoms with Gasteiger partial charge in [0.2, 0.25) is 11.8 Å². The second-order valence-electron chi connectivity index (χ2n) is 7.60. The average molecular weight is 464 g/mol. The summed E-state index contributed by atoms with van der Waals surface area (Å²) in [6.45, 7) is -0.192. The number of nitriles is 1. The Bertz CT molecular complexity index is 1250. The summed E-state index contributed by atoms with van der Waals surface area (Å²) in [5.74, 6) is -0.730. The van der Waals surface area contributed by atoms with E-state index >= 15 is 0 Å². The standard InChI is InChI=1S/C23H21N5O4S/c1-32-22(31)28(15-5-3-2-4-6-15)16-7-8-17-18(11-16)33-21(26-17)12-19(29)25-13-20(30)27-23(14-24)9-10-23/h2-8,11H,9-10,12-13H2,1H3,(H,25,29)(H,27,30). The molecular weight excluding hydrogens is 442 g/mol. The molecule has 3 amide bonds. The van der Waals surface area contributed by atoms with Crippen molar-refractivity contribution in [2.45, 2.75) is 24.8 Å².